The third-order valence-corrected chi connectivity index (χ3v) is 5.43. The topological polar surface area (TPSA) is 91.5 Å². The Hall–Kier alpha value is -3.74. The molecule has 2 N–H and O–H groups in total. The monoisotopic (exact) mass is 434 g/mol. The fourth-order valence-electron chi connectivity index (χ4n) is 3.95. The lowest BCUT2D eigenvalue weighted by atomic mass is 9.98. The average molecular weight is 434 g/mol. The van der Waals surface area contributed by atoms with Gasteiger partial charge in [0.1, 0.15) is 11.9 Å². The van der Waals surface area contributed by atoms with Crippen LogP contribution in [-0.2, 0) is 0 Å². The number of carbonyl (C=O) groups is 2. The average Bonchev–Trinajstić information content (AvgIpc) is 2.74. The molecule has 1 atom stereocenters. The second-order valence-electron chi connectivity index (χ2n) is 7.88. The van der Waals surface area contributed by atoms with Crippen LogP contribution in [0.25, 0.3) is 0 Å². The minimum Gasteiger partial charge on any atom is -0.492 e. The number of pyridine rings is 1. The van der Waals surface area contributed by atoms with Crippen molar-refractivity contribution in [2.24, 2.45) is 5.73 Å². The predicted octanol–water partition coefficient (Wildman–Crippen LogP) is 4.38. The zero-order chi connectivity index (χ0) is 23.0. The van der Waals surface area contributed by atoms with Gasteiger partial charge in [-0.25, -0.2) is 4.39 Å². The van der Waals surface area contributed by atoms with Crippen molar-refractivity contribution in [3.8, 4) is 11.5 Å². The number of nitrogens with two attached hydrogens (primary N) is 1. The molecule has 2 aromatic carbocycles. The molecule has 1 amide bonds. The van der Waals surface area contributed by atoms with E-state index in [0.717, 1.165) is 17.0 Å². The number of Topliss-reactive ketones (excluding diaryl/α,β-unsaturated/α-hetero) is 1. The van der Waals surface area contributed by atoms with E-state index < -0.39 is 17.8 Å². The Balaban J connectivity index is 1.83. The number of amides is 1. The Morgan fingerprint density at radius 3 is 2.38 bits per heavy atom. The van der Waals surface area contributed by atoms with Crippen molar-refractivity contribution in [1.82, 2.24) is 4.98 Å². The van der Waals surface area contributed by atoms with Gasteiger partial charge in [0.2, 0.25) is 5.91 Å². The molecular formula is C25H23FN2O4. The number of benzene rings is 2. The molecule has 1 aliphatic rings. The van der Waals surface area contributed by atoms with Gasteiger partial charge < -0.3 is 15.2 Å². The summed E-state index contributed by atoms with van der Waals surface area (Å²) >= 11 is 0. The number of carbonyl (C=O) groups excluding carboxylic acids is 2. The molecule has 1 aromatic heterocycles. The Labute approximate surface area is 185 Å². The Morgan fingerprint density at radius 2 is 1.75 bits per heavy atom. The van der Waals surface area contributed by atoms with E-state index in [1.165, 1.54) is 6.07 Å². The Morgan fingerprint density at radius 1 is 1.09 bits per heavy atom. The van der Waals surface area contributed by atoms with Crippen LogP contribution in [0.2, 0.25) is 0 Å². The summed E-state index contributed by atoms with van der Waals surface area (Å²) in [7, 11) is 0. The van der Waals surface area contributed by atoms with Crippen LogP contribution >= 0.6 is 0 Å². The minimum atomic E-state index is -0.692. The quantitative estimate of drug-likeness (QED) is 0.644. The number of primary amides is 1. The van der Waals surface area contributed by atoms with Crippen molar-refractivity contribution < 1.29 is 23.5 Å². The van der Waals surface area contributed by atoms with Crippen LogP contribution in [-0.4, -0.2) is 23.3 Å². The van der Waals surface area contributed by atoms with Crippen LogP contribution in [0.3, 0.4) is 0 Å². The highest BCUT2D eigenvalue weighted by molar-refractivity contribution is 6.00. The number of fused-ring (bicyclic) bond motifs is 1. The first-order valence-electron chi connectivity index (χ1n) is 10.3. The third kappa shape index (κ3) is 4.06. The van der Waals surface area contributed by atoms with Gasteiger partial charge in [-0.15, -0.1) is 0 Å². The van der Waals surface area contributed by atoms with Gasteiger partial charge in [0.05, 0.1) is 12.2 Å². The predicted molar refractivity (Wildman–Crippen MR) is 117 cm³/mol. The van der Waals surface area contributed by atoms with Gasteiger partial charge in [-0.2, -0.15) is 0 Å². The lowest BCUT2D eigenvalue weighted by molar-refractivity contribution is 0.0930. The minimum absolute atomic E-state index is 0.00884. The fourth-order valence-corrected chi connectivity index (χ4v) is 3.95. The second kappa shape index (κ2) is 8.42. The molecule has 3 aromatic rings. The number of ether oxygens (including phenoxy) is 2. The second-order valence-corrected chi connectivity index (χ2v) is 7.88. The third-order valence-electron chi connectivity index (χ3n) is 5.43. The summed E-state index contributed by atoms with van der Waals surface area (Å²) < 4.78 is 27.0. The normalized spacial score (nSPS) is 13.8. The summed E-state index contributed by atoms with van der Waals surface area (Å²) in [5.74, 6) is -0.972. The molecule has 4 rings (SSSR count). The zero-order valence-corrected chi connectivity index (χ0v) is 18.1. The number of nitrogens with zero attached hydrogens (tertiary/aromatic N) is 1. The molecule has 0 fully saturated rings. The number of aryl methyl sites for hydroxylation is 2. The number of rotatable bonds is 5. The molecule has 164 valence electrons. The number of hydrogen-bond donors (Lipinski definition) is 1. The van der Waals surface area contributed by atoms with E-state index in [9.17, 15) is 9.59 Å². The smallest absolute Gasteiger partial charge is 0.248 e. The molecule has 0 unspecified atom stereocenters. The van der Waals surface area contributed by atoms with E-state index in [0.29, 0.717) is 22.4 Å². The van der Waals surface area contributed by atoms with E-state index in [1.54, 1.807) is 31.2 Å². The highest BCUT2D eigenvalue weighted by atomic mass is 19.1. The van der Waals surface area contributed by atoms with Gasteiger partial charge in [-0.1, -0.05) is 12.1 Å². The van der Waals surface area contributed by atoms with E-state index >= 15 is 4.39 Å². The van der Waals surface area contributed by atoms with Crippen molar-refractivity contribution in [1.29, 1.82) is 0 Å². The largest absolute Gasteiger partial charge is 0.492 e. The van der Waals surface area contributed by atoms with Crippen molar-refractivity contribution in [2.75, 3.05) is 6.61 Å². The lowest BCUT2D eigenvalue weighted by Gasteiger charge is -2.25. The van der Waals surface area contributed by atoms with Gasteiger partial charge in [0.25, 0.3) is 0 Å². The van der Waals surface area contributed by atoms with Gasteiger partial charge in [0.15, 0.2) is 17.3 Å². The molecule has 2 heterocycles. The molecule has 32 heavy (non-hydrogen) atoms. The Bertz CT molecular complexity index is 1200. The van der Waals surface area contributed by atoms with Gasteiger partial charge in [0, 0.05) is 34.5 Å². The summed E-state index contributed by atoms with van der Waals surface area (Å²) in [6.07, 6.45) is -0.473. The van der Waals surface area contributed by atoms with Crippen LogP contribution in [0.4, 0.5) is 4.39 Å². The molecule has 0 spiro atoms. The van der Waals surface area contributed by atoms with E-state index in [1.807, 2.05) is 26.0 Å². The van der Waals surface area contributed by atoms with Gasteiger partial charge in [-0.05, 0) is 56.7 Å². The van der Waals surface area contributed by atoms with Crippen molar-refractivity contribution in [2.45, 2.75) is 33.3 Å². The summed E-state index contributed by atoms with van der Waals surface area (Å²) in [6.45, 7) is 5.66. The van der Waals surface area contributed by atoms with Gasteiger partial charge >= 0.3 is 0 Å². The number of halogens is 1. The molecule has 0 aliphatic carbocycles. The number of ketones is 1. The van der Waals surface area contributed by atoms with Crippen LogP contribution in [0, 0.1) is 26.6 Å². The van der Waals surface area contributed by atoms with Crippen LogP contribution in [0.5, 0.6) is 11.5 Å². The summed E-state index contributed by atoms with van der Waals surface area (Å²) in [5, 5.41) is 0. The molecule has 0 saturated heterocycles. The maximum Gasteiger partial charge on any atom is 0.248 e. The number of hydrogen-bond acceptors (Lipinski definition) is 5. The van der Waals surface area contributed by atoms with E-state index in [4.69, 9.17) is 15.2 Å². The van der Waals surface area contributed by atoms with Crippen molar-refractivity contribution in [3.63, 3.8) is 0 Å². The first-order chi connectivity index (χ1) is 15.2. The highest BCUT2D eigenvalue weighted by Crippen LogP contribution is 2.40. The van der Waals surface area contributed by atoms with Gasteiger partial charge in [-0.3, -0.25) is 14.6 Å². The molecule has 1 aliphatic heterocycles. The molecule has 0 saturated carbocycles. The summed E-state index contributed by atoms with van der Waals surface area (Å²) in [6, 6.07) is 11.6. The number of aromatic nitrogens is 1. The first kappa shape index (κ1) is 21.5. The zero-order valence-electron chi connectivity index (χ0n) is 18.1. The van der Waals surface area contributed by atoms with Crippen LogP contribution < -0.4 is 15.2 Å². The highest BCUT2D eigenvalue weighted by Gasteiger charge is 2.28. The SMILES string of the molecule is Cc1cc([C@H](Oc2c(F)cc3c(c2C)OCCC3=O)c2ccc(C(N)=O)cc2)cc(C)n1. The maximum atomic E-state index is 15.1. The van der Waals surface area contributed by atoms with Crippen molar-refractivity contribution >= 4 is 11.7 Å². The standard InChI is InChI=1S/C25H23FN2O4/c1-13-10-18(11-14(2)28-13)24(16-4-6-17(7-5-16)25(27)30)32-23-15(3)22-19(12-20(23)26)21(29)8-9-31-22/h4-7,10-12,24H,8-9H2,1-3H3,(H2,27,30)/t24-/m1/s1. The summed E-state index contributed by atoms with van der Waals surface area (Å²) in [4.78, 5) is 28.1. The molecule has 6 nitrogen and oxygen atoms in total. The van der Waals surface area contributed by atoms with E-state index in [2.05, 4.69) is 4.98 Å². The first-order valence-corrected chi connectivity index (χ1v) is 10.3. The molecule has 0 bridgehead atoms. The van der Waals surface area contributed by atoms with E-state index in [-0.39, 0.29) is 30.1 Å². The summed E-state index contributed by atoms with van der Waals surface area (Å²) in [5.41, 5.74) is 9.43. The fraction of sp³-hybridized carbons (Fsp3) is 0.240. The van der Waals surface area contributed by atoms with Crippen LogP contribution in [0.15, 0.2) is 42.5 Å². The molecule has 7 heteroatoms. The molecule has 0 radical (unpaired) electrons. The van der Waals surface area contributed by atoms with Crippen LogP contribution in [0.1, 0.15) is 61.3 Å². The molecular weight excluding hydrogens is 411 g/mol. The lowest BCUT2D eigenvalue weighted by Crippen LogP contribution is -2.18. The maximum absolute atomic E-state index is 15.1. The van der Waals surface area contributed by atoms with Crippen molar-refractivity contribution in [3.05, 3.63) is 87.5 Å². The Kier molecular flexibility index (Phi) is 5.65.